The number of carbonyl (C=O) groups is 3. The third kappa shape index (κ3) is 7.01. The van der Waals surface area contributed by atoms with Crippen molar-refractivity contribution in [3.8, 4) is 0 Å². The van der Waals surface area contributed by atoms with Gasteiger partial charge in [0.25, 0.3) is 0 Å². The van der Waals surface area contributed by atoms with E-state index in [0.717, 1.165) is 5.75 Å². The molecule has 0 heterocycles. The van der Waals surface area contributed by atoms with Crippen molar-refractivity contribution in [2.24, 2.45) is 5.73 Å². The Balaban J connectivity index is 4.42. The number of thiol groups is 1. The lowest BCUT2D eigenvalue weighted by Gasteiger charge is -2.20. The van der Waals surface area contributed by atoms with Gasteiger partial charge in [0.15, 0.2) is 0 Å². The van der Waals surface area contributed by atoms with Gasteiger partial charge in [-0.05, 0) is 25.4 Å². The first-order chi connectivity index (χ1) is 9.33. The molecule has 0 aromatic rings. The maximum atomic E-state index is 11.8. The Labute approximate surface area is 127 Å². The van der Waals surface area contributed by atoms with Crippen LogP contribution < -0.4 is 16.4 Å². The van der Waals surface area contributed by atoms with Crippen molar-refractivity contribution in [3.05, 3.63) is 0 Å². The first-order valence-corrected chi connectivity index (χ1v) is 8.05. The van der Waals surface area contributed by atoms with Crippen LogP contribution in [0.3, 0.4) is 0 Å². The summed E-state index contributed by atoms with van der Waals surface area (Å²) in [5, 5.41) is 13.4. The molecule has 3 atom stereocenters. The molecule has 20 heavy (non-hydrogen) atoms. The Bertz CT molecular complexity index is 355. The van der Waals surface area contributed by atoms with Gasteiger partial charge in [-0.1, -0.05) is 0 Å². The fraction of sp³-hybridized carbons (Fsp3) is 0.727. The van der Waals surface area contributed by atoms with Crippen LogP contribution in [-0.2, 0) is 14.4 Å². The summed E-state index contributed by atoms with van der Waals surface area (Å²) in [6.45, 7) is 1.34. The van der Waals surface area contributed by atoms with Crippen LogP contribution in [0.2, 0.25) is 0 Å². The monoisotopic (exact) mass is 323 g/mol. The largest absolute Gasteiger partial charge is 0.480 e. The predicted molar refractivity (Wildman–Crippen MR) is 82.0 cm³/mol. The van der Waals surface area contributed by atoms with Gasteiger partial charge in [-0.3, -0.25) is 14.4 Å². The molecule has 0 radical (unpaired) electrons. The van der Waals surface area contributed by atoms with Crippen molar-refractivity contribution in [2.45, 2.75) is 31.5 Å². The fourth-order valence-electron chi connectivity index (χ4n) is 1.22. The number of carbonyl (C=O) groups excluding carboxylic acids is 2. The van der Waals surface area contributed by atoms with E-state index in [1.165, 1.54) is 6.92 Å². The van der Waals surface area contributed by atoms with Crippen molar-refractivity contribution < 1.29 is 19.5 Å². The van der Waals surface area contributed by atoms with Gasteiger partial charge >= 0.3 is 5.97 Å². The number of hydrogen-bond donors (Lipinski definition) is 5. The van der Waals surface area contributed by atoms with Crippen LogP contribution in [0, 0.1) is 0 Å². The summed E-state index contributed by atoms with van der Waals surface area (Å²) >= 11 is 5.55. The highest BCUT2D eigenvalue weighted by Crippen LogP contribution is 2.00. The zero-order chi connectivity index (χ0) is 15.7. The third-order valence-corrected chi connectivity index (χ3v) is 3.52. The SMILES string of the molecule is CSCC[C@H](N)C(=O)N[C@@H](CS)C(=O)N[C@@H](C)C(=O)O. The van der Waals surface area contributed by atoms with Gasteiger partial charge in [-0.25, -0.2) is 0 Å². The van der Waals surface area contributed by atoms with E-state index in [0.29, 0.717) is 6.42 Å². The summed E-state index contributed by atoms with van der Waals surface area (Å²) in [5.74, 6) is -1.41. The number of nitrogens with two attached hydrogens (primary N) is 1. The van der Waals surface area contributed by atoms with Crippen LogP contribution in [0.4, 0.5) is 0 Å². The molecule has 0 rings (SSSR count). The van der Waals surface area contributed by atoms with Crippen molar-refractivity contribution in [2.75, 3.05) is 17.8 Å². The first kappa shape index (κ1) is 19.1. The van der Waals surface area contributed by atoms with E-state index in [4.69, 9.17) is 10.8 Å². The minimum absolute atomic E-state index is 0.0547. The number of rotatable bonds is 9. The molecular weight excluding hydrogens is 302 g/mol. The molecule has 0 saturated heterocycles. The lowest BCUT2D eigenvalue weighted by molar-refractivity contribution is -0.141. The van der Waals surface area contributed by atoms with E-state index in [2.05, 4.69) is 23.3 Å². The maximum absolute atomic E-state index is 11.8. The summed E-state index contributed by atoms with van der Waals surface area (Å²) in [4.78, 5) is 34.2. The second-order valence-corrected chi connectivity index (χ2v) is 5.55. The molecule has 0 aromatic heterocycles. The van der Waals surface area contributed by atoms with Crippen molar-refractivity contribution in [3.63, 3.8) is 0 Å². The smallest absolute Gasteiger partial charge is 0.325 e. The summed E-state index contributed by atoms with van der Waals surface area (Å²) in [6, 6.07) is -2.64. The van der Waals surface area contributed by atoms with Gasteiger partial charge in [-0.15, -0.1) is 0 Å². The quantitative estimate of drug-likeness (QED) is 0.350. The Morgan fingerprint density at radius 3 is 2.35 bits per heavy atom. The fourth-order valence-corrected chi connectivity index (χ4v) is 1.97. The Kier molecular flexibility index (Phi) is 9.43. The Morgan fingerprint density at radius 2 is 1.90 bits per heavy atom. The van der Waals surface area contributed by atoms with Gasteiger partial charge in [0.1, 0.15) is 12.1 Å². The number of carboxylic acids is 1. The number of amides is 2. The normalized spacial score (nSPS) is 15.0. The highest BCUT2D eigenvalue weighted by atomic mass is 32.2. The second-order valence-electron chi connectivity index (χ2n) is 4.20. The molecule has 9 heteroatoms. The summed E-state index contributed by atoms with van der Waals surface area (Å²) in [5.41, 5.74) is 5.68. The zero-order valence-electron chi connectivity index (χ0n) is 11.5. The summed E-state index contributed by atoms with van der Waals surface area (Å²) < 4.78 is 0. The number of nitrogens with one attached hydrogen (secondary N) is 2. The van der Waals surface area contributed by atoms with Gasteiger partial charge in [0.2, 0.25) is 11.8 Å². The van der Waals surface area contributed by atoms with Crippen LogP contribution in [0.15, 0.2) is 0 Å². The van der Waals surface area contributed by atoms with E-state index in [-0.39, 0.29) is 5.75 Å². The van der Waals surface area contributed by atoms with Gasteiger partial charge in [0, 0.05) is 5.75 Å². The molecule has 0 aromatic carbocycles. The number of thioether (sulfide) groups is 1. The molecule has 0 bridgehead atoms. The number of carboxylic acid groups (broad SMARTS) is 1. The average Bonchev–Trinajstić information content (AvgIpc) is 2.41. The second kappa shape index (κ2) is 9.89. The molecule has 5 N–H and O–H groups in total. The molecule has 0 saturated carbocycles. The number of hydrogen-bond acceptors (Lipinski definition) is 6. The molecule has 0 fully saturated rings. The molecular formula is C11H21N3O4S2. The molecule has 7 nitrogen and oxygen atoms in total. The topological polar surface area (TPSA) is 122 Å². The van der Waals surface area contributed by atoms with E-state index in [1.54, 1.807) is 11.8 Å². The van der Waals surface area contributed by atoms with Crippen LogP contribution in [0.5, 0.6) is 0 Å². The lowest BCUT2D eigenvalue weighted by Crippen LogP contribution is -2.54. The molecule has 2 amide bonds. The maximum Gasteiger partial charge on any atom is 0.325 e. The van der Waals surface area contributed by atoms with Crippen molar-refractivity contribution >= 4 is 42.2 Å². The van der Waals surface area contributed by atoms with E-state index in [9.17, 15) is 14.4 Å². The zero-order valence-corrected chi connectivity index (χ0v) is 13.2. The van der Waals surface area contributed by atoms with Crippen LogP contribution >= 0.6 is 24.4 Å². The Hall–Kier alpha value is -0.930. The van der Waals surface area contributed by atoms with Crippen molar-refractivity contribution in [1.82, 2.24) is 10.6 Å². The lowest BCUT2D eigenvalue weighted by atomic mass is 10.2. The summed E-state index contributed by atoms with van der Waals surface area (Å²) in [7, 11) is 0. The number of aliphatic carboxylic acids is 1. The van der Waals surface area contributed by atoms with E-state index >= 15 is 0 Å². The predicted octanol–water partition coefficient (Wildman–Crippen LogP) is -0.929. The molecule has 0 aliphatic rings. The van der Waals surface area contributed by atoms with Gasteiger partial charge in [0.05, 0.1) is 6.04 Å². The van der Waals surface area contributed by atoms with Crippen LogP contribution in [0.1, 0.15) is 13.3 Å². The highest BCUT2D eigenvalue weighted by molar-refractivity contribution is 7.98. The molecule has 116 valence electrons. The third-order valence-electron chi connectivity index (χ3n) is 2.51. The van der Waals surface area contributed by atoms with Crippen LogP contribution in [-0.4, -0.2) is 58.8 Å². The molecule has 0 aliphatic carbocycles. The van der Waals surface area contributed by atoms with Gasteiger partial charge < -0.3 is 21.5 Å². The minimum atomic E-state index is -1.15. The first-order valence-electron chi connectivity index (χ1n) is 6.02. The Morgan fingerprint density at radius 1 is 1.30 bits per heavy atom. The van der Waals surface area contributed by atoms with E-state index in [1.807, 2.05) is 6.26 Å². The van der Waals surface area contributed by atoms with Crippen molar-refractivity contribution in [1.29, 1.82) is 0 Å². The highest BCUT2D eigenvalue weighted by Gasteiger charge is 2.24. The average molecular weight is 323 g/mol. The summed E-state index contributed by atoms with van der Waals surface area (Å²) in [6.07, 6.45) is 2.40. The van der Waals surface area contributed by atoms with E-state index < -0.39 is 35.9 Å². The molecule has 0 spiro atoms. The standard InChI is InChI=1S/C11H21N3O4S2/c1-6(11(17)18)13-10(16)8(5-19)14-9(15)7(12)3-4-20-2/h6-8,19H,3-5,12H2,1-2H3,(H,13,16)(H,14,15)(H,17,18)/t6-,7-,8-/m0/s1. The van der Waals surface area contributed by atoms with Gasteiger partial charge in [-0.2, -0.15) is 24.4 Å². The minimum Gasteiger partial charge on any atom is -0.480 e. The molecule has 0 unspecified atom stereocenters. The van der Waals surface area contributed by atoms with Crippen LogP contribution in [0.25, 0.3) is 0 Å². The molecule has 0 aliphatic heterocycles.